The van der Waals surface area contributed by atoms with E-state index in [1.807, 2.05) is 13.8 Å². The molecule has 2 aliphatic rings. The van der Waals surface area contributed by atoms with Crippen LogP contribution in [0, 0.1) is 17.8 Å². The van der Waals surface area contributed by atoms with Gasteiger partial charge in [-0.1, -0.05) is 13.8 Å². The molecule has 2 atom stereocenters. The monoisotopic (exact) mass is 276 g/mol. The lowest BCUT2D eigenvalue weighted by Gasteiger charge is -2.42. The molecular formula is C11H20N2O4S. The van der Waals surface area contributed by atoms with Crippen molar-refractivity contribution in [2.24, 2.45) is 17.8 Å². The summed E-state index contributed by atoms with van der Waals surface area (Å²) in [6.07, 6.45) is 1.05. The minimum atomic E-state index is -3.45. The number of nitrogens with zero attached hydrogens (tertiary/aromatic N) is 2. The van der Waals surface area contributed by atoms with Gasteiger partial charge in [0.1, 0.15) is 0 Å². The fraction of sp³-hybridized carbons (Fsp3) is 0.909. The number of piperidine rings is 1. The van der Waals surface area contributed by atoms with Crippen LogP contribution in [0.4, 0.5) is 0 Å². The van der Waals surface area contributed by atoms with Gasteiger partial charge in [-0.2, -0.15) is 17.0 Å². The highest BCUT2D eigenvalue weighted by molar-refractivity contribution is 7.86. The van der Waals surface area contributed by atoms with Gasteiger partial charge < -0.3 is 5.11 Å². The molecule has 104 valence electrons. The molecule has 7 heteroatoms. The maximum atomic E-state index is 12.3. The second-order valence-electron chi connectivity index (χ2n) is 5.62. The van der Waals surface area contributed by atoms with Gasteiger partial charge >= 0.3 is 5.97 Å². The number of hydrogen-bond donors (Lipinski definition) is 1. The molecule has 2 unspecified atom stereocenters. The zero-order valence-corrected chi connectivity index (χ0v) is 11.6. The van der Waals surface area contributed by atoms with Crippen LogP contribution in [0.25, 0.3) is 0 Å². The highest BCUT2D eigenvalue weighted by atomic mass is 32.2. The van der Waals surface area contributed by atoms with E-state index < -0.39 is 22.1 Å². The third-order valence-corrected chi connectivity index (χ3v) is 5.59. The molecule has 18 heavy (non-hydrogen) atoms. The smallest absolute Gasteiger partial charge is 0.309 e. The van der Waals surface area contributed by atoms with Gasteiger partial charge in [-0.3, -0.25) is 4.79 Å². The van der Waals surface area contributed by atoms with Crippen LogP contribution in [0.2, 0.25) is 0 Å². The Morgan fingerprint density at radius 2 is 1.50 bits per heavy atom. The van der Waals surface area contributed by atoms with Gasteiger partial charge in [0, 0.05) is 26.2 Å². The fourth-order valence-corrected chi connectivity index (χ4v) is 4.69. The maximum Gasteiger partial charge on any atom is 0.309 e. The standard InChI is InChI=1S/C11H20N2O4S/c1-8-3-9(2)5-12(4-8)18(16,17)13-6-10(7-13)11(14)15/h8-10H,3-7H2,1-2H3,(H,14,15). The van der Waals surface area contributed by atoms with Crippen molar-refractivity contribution in [3.63, 3.8) is 0 Å². The Labute approximate surface area is 108 Å². The molecule has 2 rings (SSSR count). The summed E-state index contributed by atoms with van der Waals surface area (Å²) >= 11 is 0. The molecule has 1 N–H and O–H groups in total. The van der Waals surface area contributed by atoms with Crippen molar-refractivity contribution in [2.45, 2.75) is 20.3 Å². The Morgan fingerprint density at radius 3 is 1.94 bits per heavy atom. The van der Waals surface area contributed by atoms with Gasteiger partial charge in [-0.15, -0.1) is 0 Å². The third-order valence-electron chi connectivity index (χ3n) is 3.69. The number of carboxylic acid groups (broad SMARTS) is 1. The Bertz CT molecular complexity index is 420. The van der Waals surface area contributed by atoms with Gasteiger partial charge in [0.25, 0.3) is 10.2 Å². The Kier molecular flexibility index (Phi) is 3.66. The fourth-order valence-electron chi connectivity index (χ4n) is 2.74. The van der Waals surface area contributed by atoms with Gasteiger partial charge in [0.05, 0.1) is 5.92 Å². The van der Waals surface area contributed by atoms with E-state index in [1.54, 1.807) is 0 Å². The molecular weight excluding hydrogens is 256 g/mol. The largest absolute Gasteiger partial charge is 0.481 e. The summed E-state index contributed by atoms with van der Waals surface area (Å²) in [6, 6.07) is 0. The van der Waals surface area contributed by atoms with Crippen LogP contribution in [0.3, 0.4) is 0 Å². The third kappa shape index (κ3) is 2.53. The molecule has 2 saturated heterocycles. The maximum absolute atomic E-state index is 12.3. The van der Waals surface area contributed by atoms with Crippen LogP contribution < -0.4 is 0 Å². The number of rotatable bonds is 3. The van der Waals surface area contributed by atoms with E-state index in [4.69, 9.17) is 5.11 Å². The van der Waals surface area contributed by atoms with Gasteiger partial charge in [-0.25, -0.2) is 0 Å². The van der Waals surface area contributed by atoms with E-state index in [1.165, 1.54) is 8.61 Å². The average molecular weight is 276 g/mol. The molecule has 2 fully saturated rings. The predicted molar refractivity (Wildman–Crippen MR) is 66.1 cm³/mol. The van der Waals surface area contributed by atoms with Crippen LogP contribution in [0.15, 0.2) is 0 Å². The average Bonchev–Trinajstić information content (AvgIpc) is 2.11. The summed E-state index contributed by atoms with van der Waals surface area (Å²) in [5.74, 6) is -0.735. The SMILES string of the molecule is CC1CC(C)CN(S(=O)(=O)N2CC(C(=O)O)C2)C1. The molecule has 0 aromatic heterocycles. The van der Waals surface area contributed by atoms with Gasteiger partial charge in [0.15, 0.2) is 0 Å². The lowest BCUT2D eigenvalue weighted by Crippen LogP contribution is -2.58. The Hall–Kier alpha value is -0.660. The van der Waals surface area contributed by atoms with Crippen molar-refractivity contribution in [1.29, 1.82) is 0 Å². The first-order chi connectivity index (χ1) is 8.30. The molecule has 0 aromatic carbocycles. The Morgan fingerprint density at radius 1 is 1.06 bits per heavy atom. The van der Waals surface area contributed by atoms with E-state index >= 15 is 0 Å². The highest BCUT2D eigenvalue weighted by Gasteiger charge is 2.43. The van der Waals surface area contributed by atoms with Crippen molar-refractivity contribution in [3.05, 3.63) is 0 Å². The number of aliphatic carboxylic acids is 1. The second-order valence-corrected chi connectivity index (χ2v) is 7.55. The van der Waals surface area contributed by atoms with Crippen LogP contribution in [-0.2, 0) is 15.0 Å². The van der Waals surface area contributed by atoms with E-state index in [0.717, 1.165) is 6.42 Å². The first-order valence-electron chi connectivity index (χ1n) is 6.28. The quantitative estimate of drug-likeness (QED) is 0.800. The molecule has 0 amide bonds. The summed E-state index contributed by atoms with van der Waals surface area (Å²) in [5.41, 5.74) is 0. The number of carboxylic acids is 1. The number of hydrogen-bond acceptors (Lipinski definition) is 3. The lowest BCUT2D eigenvalue weighted by atomic mass is 9.94. The van der Waals surface area contributed by atoms with Crippen molar-refractivity contribution >= 4 is 16.2 Å². The molecule has 6 nitrogen and oxygen atoms in total. The van der Waals surface area contributed by atoms with E-state index in [0.29, 0.717) is 24.9 Å². The summed E-state index contributed by atoms with van der Waals surface area (Å²) in [6.45, 7) is 5.40. The molecule has 2 heterocycles. The topological polar surface area (TPSA) is 77.9 Å². The van der Waals surface area contributed by atoms with Crippen LogP contribution in [-0.4, -0.2) is 54.3 Å². The summed E-state index contributed by atoms with van der Waals surface area (Å²) < 4.78 is 27.4. The molecule has 0 aliphatic carbocycles. The molecule has 0 aromatic rings. The van der Waals surface area contributed by atoms with Crippen LogP contribution in [0.5, 0.6) is 0 Å². The van der Waals surface area contributed by atoms with Gasteiger partial charge in [-0.05, 0) is 18.3 Å². The summed E-state index contributed by atoms with van der Waals surface area (Å²) in [7, 11) is -3.45. The molecule has 0 saturated carbocycles. The van der Waals surface area contributed by atoms with E-state index in [-0.39, 0.29) is 13.1 Å². The van der Waals surface area contributed by atoms with Crippen molar-refractivity contribution < 1.29 is 18.3 Å². The molecule has 0 radical (unpaired) electrons. The second kappa shape index (κ2) is 4.79. The van der Waals surface area contributed by atoms with E-state index in [9.17, 15) is 13.2 Å². The van der Waals surface area contributed by atoms with Gasteiger partial charge in [0.2, 0.25) is 0 Å². The minimum Gasteiger partial charge on any atom is -0.481 e. The predicted octanol–water partition coefficient (Wildman–Crippen LogP) is 0.226. The highest BCUT2D eigenvalue weighted by Crippen LogP contribution is 2.28. The minimum absolute atomic E-state index is 0.108. The van der Waals surface area contributed by atoms with Crippen LogP contribution >= 0.6 is 0 Å². The zero-order chi connectivity index (χ0) is 13.5. The van der Waals surface area contributed by atoms with E-state index in [2.05, 4.69) is 0 Å². The normalized spacial score (nSPS) is 32.1. The summed E-state index contributed by atoms with van der Waals surface area (Å²) in [5, 5.41) is 8.78. The van der Waals surface area contributed by atoms with Crippen LogP contribution in [0.1, 0.15) is 20.3 Å². The summed E-state index contributed by atoms with van der Waals surface area (Å²) in [4.78, 5) is 10.7. The van der Waals surface area contributed by atoms with Crippen molar-refractivity contribution in [3.8, 4) is 0 Å². The molecule has 2 aliphatic heterocycles. The zero-order valence-electron chi connectivity index (χ0n) is 10.7. The molecule has 0 bridgehead atoms. The molecule has 0 spiro atoms. The lowest BCUT2D eigenvalue weighted by molar-refractivity contribution is -0.145. The number of carbonyl (C=O) groups is 1. The first-order valence-corrected chi connectivity index (χ1v) is 7.68. The van der Waals surface area contributed by atoms with Crippen molar-refractivity contribution in [2.75, 3.05) is 26.2 Å². The Balaban J connectivity index is 2.01. The van der Waals surface area contributed by atoms with Crippen molar-refractivity contribution in [1.82, 2.24) is 8.61 Å². The first kappa shape index (κ1) is 13.8.